The predicted molar refractivity (Wildman–Crippen MR) is 83.9 cm³/mol. The van der Waals surface area contributed by atoms with Crippen LogP contribution in [0.1, 0.15) is 56.3 Å². The van der Waals surface area contributed by atoms with Gasteiger partial charge >= 0.3 is 0 Å². The van der Waals surface area contributed by atoms with Gasteiger partial charge in [0.1, 0.15) is 5.82 Å². The molecular formula is C17H25N3. The van der Waals surface area contributed by atoms with E-state index in [1.54, 1.807) is 0 Å². The van der Waals surface area contributed by atoms with Crippen molar-refractivity contribution in [1.82, 2.24) is 9.55 Å². The Labute approximate surface area is 121 Å². The molecule has 3 rings (SSSR count). The van der Waals surface area contributed by atoms with Gasteiger partial charge in [-0.25, -0.2) is 4.98 Å². The first-order chi connectivity index (χ1) is 9.70. The Morgan fingerprint density at radius 1 is 1.25 bits per heavy atom. The average molecular weight is 271 g/mol. The zero-order chi connectivity index (χ0) is 14.1. The van der Waals surface area contributed by atoms with Crippen molar-refractivity contribution >= 4 is 11.0 Å². The number of hydrogen-bond donors (Lipinski definition) is 1. The molecule has 2 atom stereocenters. The molecule has 0 saturated heterocycles. The summed E-state index contributed by atoms with van der Waals surface area (Å²) in [4.78, 5) is 4.94. The van der Waals surface area contributed by atoms with Crippen molar-refractivity contribution in [3.05, 3.63) is 29.6 Å². The third-order valence-electron chi connectivity index (χ3n) is 4.65. The first kappa shape index (κ1) is 13.6. The molecule has 0 spiro atoms. The molecule has 1 aromatic heterocycles. The van der Waals surface area contributed by atoms with Crippen LogP contribution in [-0.4, -0.2) is 15.6 Å². The summed E-state index contributed by atoms with van der Waals surface area (Å²) in [5.41, 5.74) is 10.1. The topological polar surface area (TPSA) is 43.8 Å². The van der Waals surface area contributed by atoms with Crippen LogP contribution >= 0.6 is 0 Å². The fraction of sp³-hybridized carbons (Fsp3) is 0.588. The van der Waals surface area contributed by atoms with E-state index in [0.29, 0.717) is 5.92 Å². The third-order valence-corrected chi connectivity index (χ3v) is 4.65. The number of fused-ring (bicyclic) bond motifs is 1. The van der Waals surface area contributed by atoms with E-state index in [4.69, 9.17) is 10.7 Å². The number of rotatable bonds is 2. The molecule has 1 fully saturated rings. The Kier molecular flexibility index (Phi) is 3.79. The smallest absolute Gasteiger partial charge is 0.114 e. The van der Waals surface area contributed by atoms with E-state index in [2.05, 4.69) is 36.6 Å². The van der Waals surface area contributed by atoms with E-state index in [-0.39, 0.29) is 6.04 Å². The highest BCUT2D eigenvalue weighted by Gasteiger charge is 2.26. The highest BCUT2D eigenvalue weighted by molar-refractivity contribution is 5.77. The van der Waals surface area contributed by atoms with Gasteiger partial charge < -0.3 is 10.3 Å². The second-order valence-electron chi connectivity index (χ2n) is 6.11. The van der Waals surface area contributed by atoms with Gasteiger partial charge in [-0.2, -0.15) is 0 Å². The second-order valence-corrected chi connectivity index (χ2v) is 6.11. The number of imidazole rings is 1. The largest absolute Gasteiger partial charge is 0.328 e. The molecule has 0 aliphatic heterocycles. The van der Waals surface area contributed by atoms with E-state index >= 15 is 0 Å². The van der Waals surface area contributed by atoms with Crippen molar-refractivity contribution in [2.24, 2.45) is 5.73 Å². The second kappa shape index (κ2) is 5.57. The van der Waals surface area contributed by atoms with E-state index in [9.17, 15) is 0 Å². The van der Waals surface area contributed by atoms with Gasteiger partial charge in [0.25, 0.3) is 0 Å². The lowest BCUT2D eigenvalue weighted by Crippen LogP contribution is -2.29. The highest BCUT2D eigenvalue weighted by Crippen LogP contribution is 2.32. The standard InChI is InChI=1S/C17H25N3/c1-3-20-16-10-9-12(2)11-15(16)19-17(20)13-7-5-4-6-8-14(13)18/h9-11,13-14H,3-8,18H2,1-2H3. The van der Waals surface area contributed by atoms with Crippen LogP contribution in [0.5, 0.6) is 0 Å². The fourth-order valence-electron chi connectivity index (χ4n) is 3.53. The third kappa shape index (κ3) is 2.35. The molecule has 3 heteroatoms. The highest BCUT2D eigenvalue weighted by atomic mass is 15.1. The predicted octanol–water partition coefficient (Wildman–Crippen LogP) is 3.74. The van der Waals surface area contributed by atoms with Gasteiger partial charge in [0.2, 0.25) is 0 Å². The molecule has 20 heavy (non-hydrogen) atoms. The lowest BCUT2D eigenvalue weighted by Gasteiger charge is -2.21. The summed E-state index contributed by atoms with van der Waals surface area (Å²) in [6.07, 6.45) is 6.18. The average Bonchev–Trinajstić information content (AvgIpc) is 2.65. The molecule has 0 radical (unpaired) electrons. The maximum Gasteiger partial charge on any atom is 0.114 e. The van der Waals surface area contributed by atoms with Crippen LogP contribution in [0.25, 0.3) is 11.0 Å². The maximum absolute atomic E-state index is 6.43. The molecule has 1 aromatic carbocycles. The van der Waals surface area contributed by atoms with E-state index in [0.717, 1.165) is 18.5 Å². The molecule has 0 bridgehead atoms. The molecule has 0 amide bonds. The maximum atomic E-state index is 6.43. The minimum atomic E-state index is 0.265. The van der Waals surface area contributed by atoms with Crippen molar-refractivity contribution in [3.8, 4) is 0 Å². The molecule has 2 aromatic rings. The zero-order valence-electron chi connectivity index (χ0n) is 12.6. The number of aromatic nitrogens is 2. The molecule has 3 nitrogen and oxygen atoms in total. The summed E-state index contributed by atoms with van der Waals surface area (Å²) >= 11 is 0. The van der Waals surface area contributed by atoms with Crippen molar-refractivity contribution in [3.63, 3.8) is 0 Å². The molecule has 108 valence electrons. The van der Waals surface area contributed by atoms with Crippen LogP contribution in [0.2, 0.25) is 0 Å². The molecule has 1 aliphatic rings. The Hall–Kier alpha value is -1.35. The van der Waals surface area contributed by atoms with Crippen molar-refractivity contribution in [2.75, 3.05) is 0 Å². The monoisotopic (exact) mass is 271 g/mol. The van der Waals surface area contributed by atoms with Crippen LogP contribution in [0, 0.1) is 6.92 Å². The van der Waals surface area contributed by atoms with E-state index in [1.165, 1.54) is 42.6 Å². The summed E-state index contributed by atoms with van der Waals surface area (Å²) in [6, 6.07) is 6.83. The van der Waals surface area contributed by atoms with Gasteiger partial charge in [0, 0.05) is 18.5 Å². The van der Waals surface area contributed by atoms with Gasteiger partial charge in [-0.05, 0) is 44.4 Å². The van der Waals surface area contributed by atoms with Crippen LogP contribution in [-0.2, 0) is 6.54 Å². The first-order valence-corrected chi connectivity index (χ1v) is 7.93. The quantitative estimate of drug-likeness (QED) is 0.846. The number of aryl methyl sites for hydroxylation is 2. The van der Waals surface area contributed by atoms with Gasteiger partial charge in [-0.3, -0.25) is 0 Å². The van der Waals surface area contributed by atoms with Crippen LogP contribution < -0.4 is 5.73 Å². The van der Waals surface area contributed by atoms with Crippen LogP contribution in [0.15, 0.2) is 18.2 Å². The molecule has 1 saturated carbocycles. The van der Waals surface area contributed by atoms with E-state index < -0.39 is 0 Å². The Morgan fingerprint density at radius 2 is 2.05 bits per heavy atom. The molecule has 1 aliphatic carbocycles. The SMILES string of the molecule is CCn1c(C2CCCCCC2N)nc2cc(C)ccc21. The summed E-state index contributed by atoms with van der Waals surface area (Å²) in [5.74, 6) is 1.63. The van der Waals surface area contributed by atoms with Crippen LogP contribution in [0.4, 0.5) is 0 Å². The van der Waals surface area contributed by atoms with Crippen molar-refractivity contribution in [2.45, 2.75) is 64.5 Å². The Morgan fingerprint density at radius 3 is 2.85 bits per heavy atom. The van der Waals surface area contributed by atoms with Gasteiger partial charge in [-0.1, -0.05) is 25.3 Å². The van der Waals surface area contributed by atoms with Crippen molar-refractivity contribution < 1.29 is 0 Å². The summed E-state index contributed by atoms with van der Waals surface area (Å²) in [6.45, 7) is 5.30. The summed E-state index contributed by atoms with van der Waals surface area (Å²) in [7, 11) is 0. The molecule has 2 N–H and O–H groups in total. The van der Waals surface area contributed by atoms with Crippen LogP contribution in [0.3, 0.4) is 0 Å². The number of hydrogen-bond acceptors (Lipinski definition) is 2. The summed E-state index contributed by atoms with van der Waals surface area (Å²) in [5, 5.41) is 0. The Balaban J connectivity index is 2.09. The summed E-state index contributed by atoms with van der Waals surface area (Å²) < 4.78 is 2.37. The van der Waals surface area contributed by atoms with Gasteiger partial charge in [-0.15, -0.1) is 0 Å². The first-order valence-electron chi connectivity index (χ1n) is 7.93. The number of nitrogens with zero attached hydrogens (tertiary/aromatic N) is 2. The minimum Gasteiger partial charge on any atom is -0.328 e. The number of nitrogens with two attached hydrogens (primary N) is 1. The van der Waals surface area contributed by atoms with E-state index in [1.807, 2.05) is 0 Å². The minimum absolute atomic E-state index is 0.265. The van der Waals surface area contributed by atoms with Crippen molar-refractivity contribution in [1.29, 1.82) is 0 Å². The molecule has 1 heterocycles. The normalized spacial score (nSPS) is 23.9. The lowest BCUT2D eigenvalue weighted by molar-refractivity contribution is 0.467. The zero-order valence-corrected chi connectivity index (χ0v) is 12.6. The fourth-order valence-corrected chi connectivity index (χ4v) is 3.53. The molecule has 2 unspecified atom stereocenters. The van der Waals surface area contributed by atoms with Gasteiger partial charge in [0.15, 0.2) is 0 Å². The molecular weight excluding hydrogens is 246 g/mol. The lowest BCUT2D eigenvalue weighted by atomic mass is 9.94. The number of benzene rings is 1. The van der Waals surface area contributed by atoms with Gasteiger partial charge in [0.05, 0.1) is 11.0 Å². The Bertz CT molecular complexity index is 600.